The number of hydrogen-bond donors (Lipinski definition) is 5. The maximum absolute atomic E-state index is 15.7. The van der Waals surface area contributed by atoms with Crippen LogP contribution in [0.1, 0.15) is 182 Å². The molecule has 2 rings (SSSR count). The Morgan fingerprint density at radius 1 is 0.556 bits per heavy atom. The van der Waals surface area contributed by atoms with Crippen molar-refractivity contribution in [1.82, 2.24) is 60.5 Å². The van der Waals surface area contributed by atoms with Crippen LogP contribution in [0.15, 0.2) is 24.8 Å². The molecule has 0 spiro atoms. The molecule has 2 aliphatic rings. The molecule has 26 heteroatoms. The average molecular weight is 1420 g/mol. The second-order valence-corrected chi connectivity index (χ2v) is 31.4. The minimum Gasteiger partial charge on any atom is -0.390 e. The molecular weight excluding hydrogens is 1280 g/mol. The quantitative estimate of drug-likeness (QED) is 0.0587. The number of carbonyl (C=O) groups excluding carboxylic acids is 11. The molecule has 566 valence electrons. The van der Waals surface area contributed by atoms with Crippen molar-refractivity contribution in [2.24, 2.45) is 35.5 Å². The number of thioether (sulfide) groups is 1. The number of ether oxygens (including phenoxy) is 1. The van der Waals surface area contributed by atoms with E-state index in [1.165, 1.54) is 104 Å². The summed E-state index contributed by atoms with van der Waals surface area (Å²) in [7, 11) is 10.1. The zero-order valence-corrected chi connectivity index (χ0v) is 65.6. The summed E-state index contributed by atoms with van der Waals surface area (Å²) in [6.07, 6.45) is 7.92. The molecule has 0 unspecified atom stereocenters. The average Bonchev–Trinajstić information content (AvgIpc) is 1.08. The summed E-state index contributed by atoms with van der Waals surface area (Å²) in [5.74, 6) is -9.54. The van der Waals surface area contributed by atoms with Crippen molar-refractivity contribution < 1.29 is 62.6 Å². The molecule has 2 aliphatic heterocycles. The molecule has 0 saturated carbocycles. The summed E-state index contributed by atoms with van der Waals surface area (Å²) in [4.78, 5) is 177. The number of carbonyl (C=O) groups is 11. The number of unbranched alkanes of at least 4 members (excludes halogenated alkanes) is 1. The number of aliphatic hydroxyl groups excluding tert-OH is 1. The zero-order chi connectivity index (χ0) is 75.8. The van der Waals surface area contributed by atoms with Crippen LogP contribution >= 0.6 is 11.8 Å². The molecule has 0 aromatic carbocycles. The van der Waals surface area contributed by atoms with Crippen LogP contribution < -0.4 is 21.3 Å². The molecule has 0 aromatic rings. The third kappa shape index (κ3) is 26.0. The van der Waals surface area contributed by atoms with Crippen LogP contribution in [0.4, 0.5) is 0 Å². The lowest BCUT2D eigenvalue weighted by molar-refractivity contribution is -0.157. The van der Waals surface area contributed by atoms with E-state index in [0.29, 0.717) is 18.6 Å². The predicted octanol–water partition coefficient (Wildman–Crippen LogP) is 5.53. The fraction of sp³-hybridized carbons (Fsp3) is 0.795. The number of aliphatic hydroxyl groups is 1. The molecule has 2 fully saturated rings. The van der Waals surface area contributed by atoms with Crippen molar-refractivity contribution >= 4 is 76.7 Å². The minimum atomic E-state index is -1.65. The molecule has 0 bridgehead atoms. The van der Waals surface area contributed by atoms with Crippen LogP contribution in [0.2, 0.25) is 0 Å². The predicted molar refractivity (Wildman–Crippen MR) is 390 cm³/mol. The number of likely N-dealkylation sites (tertiary alicyclic amines) is 1. The first-order chi connectivity index (χ1) is 46.0. The minimum absolute atomic E-state index is 0.0102. The molecule has 99 heavy (non-hydrogen) atoms. The van der Waals surface area contributed by atoms with Gasteiger partial charge in [-0.15, -0.1) is 18.3 Å². The van der Waals surface area contributed by atoms with Gasteiger partial charge in [0.15, 0.2) is 5.37 Å². The van der Waals surface area contributed by atoms with Crippen molar-refractivity contribution in [3.8, 4) is 0 Å². The van der Waals surface area contributed by atoms with E-state index in [1.54, 1.807) is 67.5 Å². The van der Waals surface area contributed by atoms with Crippen molar-refractivity contribution in [2.75, 3.05) is 81.3 Å². The lowest BCUT2D eigenvalue weighted by Crippen LogP contribution is -2.64. The zero-order valence-electron chi connectivity index (χ0n) is 64.8. The van der Waals surface area contributed by atoms with Crippen molar-refractivity contribution in [3.05, 3.63) is 24.8 Å². The fourth-order valence-electron chi connectivity index (χ4n) is 12.9. The number of hydrogen-bond acceptors (Lipinski definition) is 15. The van der Waals surface area contributed by atoms with E-state index in [9.17, 15) is 19.5 Å². The molecule has 13 atom stereocenters. The summed E-state index contributed by atoms with van der Waals surface area (Å²) in [5, 5.41) is 22.3. The summed E-state index contributed by atoms with van der Waals surface area (Å²) in [5.41, 5.74) is -1.10. The van der Waals surface area contributed by atoms with Gasteiger partial charge in [-0.3, -0.25) is 52.7 Å². The Labute approximate surface area is 598 Å². The van der Waals surface area contributed by atoms with Gasteiger partial charge in [-0.05, 0) is 153 Å². The first kappa shape index (κ1) is 89.0. The van der Waals surface area contributed by atoms with E-state index in [0.717, 1.165) is 43.8 Å². The second-order valence-electron chi connectivity index (χ2n) is 30.2. The first-order valence-electron chi connectivity index (χ1n) is 36.0. The highest BCUT2D eigenvalue weighted by molar-refractivity contribution is 8.00. The number of nitrogens with zero attached hydrogens (tertiary/aromatic N) is 8. The van der Waals surface area contributed by atoms with Crippen LogP contribution in [0.3, 0.4) is 0 Å². The Morgan fingerprint density at radius 3 is 1.55 bits per heavy atom. The van der Waals surface area contributed by atoms with Crippen molar-refractivity contribution in [1.29, 1.82) is 0 Å². The van der Waals surface area contributed by atoms with Gasteiger partial charge in [0, 0.05) is 55.8 Å². The Balaban J connectivity index is 3.16. The lowest BCUT2D eigenvalue weighted by atomic mass is 9.91. The summed E-state index contributed by atoms with van der Waals surface area (Å²) in [6, 6.07) is -12.9. The van der Waals surface area contributed by atoms with Gasteiger partial charge in [0.05, 0.1) is 18.3 Å². The van der Waals surface area contributed by atoms with Gasteiger partial charge in [-0.25, -0.2) is 0 Å². The topological polar surface area (TPSA) is 291 Å². The molecule has 2 saturated heterocycles. The molecular formula is C73H130N12O13S. The van der Waals surface area contributed by atoms with Gasteiger partial charge in [-0.1, -0.05) is 101 Å². The third-order valence-corrected chi connectivity index (χ3v) is 20.5. The van der Waals surface area contributed by atoms with Gasteiger partial charge in [0.1, 0.15) is 60.4 Å². The SMILES string of the molecule is C=CCOC(C)(C)C[C@H]1C(=O)N[C@@H](C(C)C)C(=O)N(C)[C@@H](CC(C)C)C(=O)N[C@@H](C)C(=O)N[C@H](C)C(=O)N(C)[C@@H](CC(C)C)C(=O)N(C)[C@@H](CC(C)C)C(=O)N(C)[C@@H](C(C)C)C(=O)N(C)[C@@H]([C@H](O)[C@H](C)C/C=C/C)C(=O)N[C@@H](CC)C(=O)N(C)[C@H](SCCCCN2CCCC2)C(=O)N1C. The highest BCUT2D eigenvalue weighted by atomic mass is 32.2. The van der Waals surface area contributed by atoms with E-state index < -0.39 is 160 Å². The maximum Gasteiger partial charge on any atom is 0.256 e. The lowest BCUT2D eigenvalue weighted by Gasteiger charge is -2.41. The van der Waals surface area contributed by atoms with E-state index in [4.69, 9.17) is 4.74 Å². The van der Waals surface area contributed by atoms with E-state index >= 15 is 38.4 Å². The Kier molecular flexibility index (Phi) is 37.5. The first-order valence-corrected chi connectivity index (χ1v) is 37.1. The number of amides is 11. The van der Waals surface area contributed by atoms with Gasteiger partial charge < -0.3 is 70.3 Å². The summed E-state index contributed by atoms with van der Waals surface area (Å²) < 4.78 is 6.18. The highest BCUT2D eigenvalue weighted by Crippen LogP contribution is 2.29. The van der Waals surface area contributed by atoms with Crippen LogP contribution in [0.5, 0.6) is 0 Å². The highest BCUT2D eigenvalue weighted by Gasteiger charge is 2.47. The normalized spacial score (nSPS) is 26.6. The number of allylic oxidation sites excluding steroid dienone is 2. The van der Waals surface area contributed by atoms with Gasteiger partial charge >= 0.3 is 0 Å². The van der Waals surface area contributed by atoms with Crippen molar-refractivity contribution in [2.45, 2.75) is 259 Å². The third-order valence-electron chi connectivity index (χ3n) is 19.1. The monoisotopic (exact) mass is 1410 g/mol. The van der Waals surface area contributed by atoms with Crippen molar-refractivity contribution in [3.63, 3.8) is 0 Å². The molecule has 0 radical (unpaired) electrons. The van der Waals surface area contributed by atoms with E-state index in [-0.39, 0.29) is 56.5 Å². The molecule has 5 N–H and O–H groups in total. The van der Waals surface area contributed by atoms with Crippen LogP contribution in [-0.2, 0) is 57.5 Å². The molecule has 25 nitrogen and oxygen atoms in total. The summed E-state index contributed by atoms with van der Waals surface area (Å²) >= 11 is 1.20. The smallest absolute Gasteiger partial charge is 0.256 e. The standard InChI is InChI=1S/C73H130N12O13S/c1-26-29-34-49(14)60(86)59-64(90)76-52(28-3)66(92)84(25)72(99-39-33-32-37-85-35-30-31-36-85)71(97)81(22)56(43-73(17,18)98-38-27-2)63(89)77-57(47(10)11)69(95)78(19)53(40-44(4)5)62(88)74-50(15)61(87)75-51(16)65(91)79(20)54(41-45(6)7)67(93)80(21)55(42-46(8)9)68(94)82(23)58(48(12)13)70(96)83(59)24/h26-27,29,44-60,72,86H,2,28,30-43H2,1,3-25H3,(H,74,88)(H,75,87)(H,76,90)(H,77,89)/b29-26+/t49-,50+,51-,52+,53+,54+,55+,56+,57+,58+,59+,60-,72-/m1/s1. The fourth-order valence-corrected chi connectivity index (χ4v) is 14.1. The van der Waals surface area contributed by atoms with Crippen LogP contribution in [0.25, 0.3) is 0 Å². The van der Waals surface area contributed by atoms with Gasteiger partial charge in [0.2, 0.25) is 59.1 Å². The maximum atomic E-state index is 15.7. The van der Waals surface area contributed by atoms with Crippen LogP contribution in [-0.4, -0.2) is 268 Å². The number of likely N-dealkylation sites (N-methyl/N-ethyl adjacent to an activating group) is 7. The second kappa shape index (κ2) is 41.7. The molecule has 11 amide bonds. The largest absolute Gasteiger partial charge is 0.390 e. The molecule has 2 heterocycles. The summed E-state index contributed by atoms with van der Waals surface area (Å²) in [6.45, 7) is 36.5. The Hall–Kier alpha value is -6.12. The van der Waals surface area contributed by atoms with E-state index in [1.807, 2.05) is 54.5 Å². The van der Waals surface area contributed by atoms with Gasteiger partial charge in [0.25, 0.3) is 5.91 Å². The number of nitrogens with one attached hydrogen (secondary N) is 4. The Bertz CT molecular complexity index is 2720. The number of rotatable bonds is 24. The van der Waals surface area contributed by atoms with Gasteiger partial charge in [-0.2, -0.15) is 0 Å². The van der Waals surface area contributed by atoms with E-state index in [2.05, 4.69) is 32.7 Å². The Morgan fingerprint density at radius 2 is 1.04 bits per heavy atom. The molecule has 0 aromatic heterocycles. The molecule has 0 aliphatic carbocycles. The van der Waals surface area contributed by atoms with Crippen LogP contribution in [0, 0.1) is 35.5 Å².